The molecular weight excluding hydrogens is 363 g/mol. The summed E-state index contributed by atoms with van der Waals surface area (Å²) in [5.41, 5.74) is 7.95. The fourth-order valence-electron chi connectivity index (χ4n) is 3.51. The van der Waals surface area contributed by atoms with E-state index < -0.39 is 0 Å². The minimum Gasteiger partial charge on any atom is -0.330 e. The Labute approximate surface area is 159 Å². The number of amides is 1. The number of halogens is 1. The molecule has 144 valence electrons. The van der Waals surface area contributed by atoms with Gasteiger partial charge in [-0.15, -0.1) is 0 Å². The molecule has 0 fully saturated rings. The van der Waals surface area contributed by atoms with E-state index in [9.17, 15) is 14.0 Å². The number of aromatic amines is 1. The average Bonchev–Trinajstić information content (AvgIpc) is 3.08. The second-order valence-electron chi connectivity index (χ2n) is 6.83. The Morgan fingerprint density at radius 2 is 2.18 bits per heavy atom. The molecule has 3 aromatic rings. The van der Waals surface area contributed by atoms with Crippen molar-refractivity contribution in [2.75, 3.05) is 18.0 Å². The molecule has 8 nitrogen and oxygen atoms in total. The molecular formula is C19H19FN6O2. The van der Waals surface area contributed by atoms with E-state index in [1.807, 2.05) is 0 Å². The van der Waals surface area contributed by atoms with Gasteiger partial charge in [0.1, 0.15) is 5.82 Å². The largest absolute Gasteiger partial charge is 0.330 e. The van der Waals surface area contributed by atoms with Crippen LogP contribution in [0.1, 0.15) is 21.6 Å². The number of aromatic nitrogens is 4. The van der Waals surface area contributed by atoms with Crippen LogP contribution in [0, 0.1) is 18.7 Å². The van der Waals surface area contributed by atoms with E-state index in [0.29, 0.717) is 42.3 Å². The predicted molar refractivity (Wildman–Crippen MR) is 101 cm³/mol. The molecule has 3 N–H and O–H groups in total. The van der Waals surface area contributed by atoms with Crippen molar-refractivity contribution in [1.82, 2.24) is 20.0 Å². The summed E-state index contributed by atoms with van der Waals surface area (Å²) >= 11 is 0. The van der Waals surface area contributed by atoms with E-state index in [1.54, 1.807) is 17.9 Å². The van der Waals surface area contributed by atoms with Gasteiger partial charge >= 0.3 is 0 Å². The quantitative estimate of drug-likeness (QED) is 0.707. The van der Waals surface area contributed by atoms with Crippen LogP contribution in [0.2, 0.25) is 0 Å². The highest BCUT2D eigenvalue weighted by atomic mass is 19.1. The summed E-state index contributed by atoms with van der Waals surface area (Å²) < 4.78 is 15.2. The fourth-order valence-corrected chi connectivity index (χ4v) is 3.51. The topological polar surface area (TPSA) is 110 Å². The smallest absolute Gasteiger partial charge is 0.264 e. The number of carbonyl (C=O) groups excluding carboxylic acids is 1. The van der Waals surface area contributed by atoms with Crippen molar-refractivity contribution in [3.8, 4) is 5.82 Å². The molecule has 0 radical (unpaired) electrons. The maximum absolute atomic E-state index is 13.7. The van der Waals surface area contributed by atoms with Crippen LogP contribution in [0.4, 0.5) is 10.1 Å². The highest BCUT2D eigenvalue weighted by Gasteiger charge is 2.30. The Morgan fingerprint density at radius 1 is 1.36 bits per heavy atom. The number of benzene rings is 1. The molecule has 1 unspecified atom stereocenters. The predicted octanol–water partition coefficient (Wildman–Crippen LogP) is 1.18. The molecule has 1 aliphatic rings. The third-order valence-corrected chi connectivity index (χ3v) is 4.98. The van der Waals surface area contributed by atoms with E-state index >= 15 is 0 Å². The molecule has 1 amide bonds. The Morgan fingerprint density at radius 3 is 2.89 bits per heavy atom. The lowest BCUT2D eigenvalue weighted by Gasteiger charge is -2.34. The zero-order valence-electron chi connectivity index (χ0n) is 15.2. The maximum Gasteiger partial charge on any atom is 0.264 e. The molecule has 0 bridgehead atoms. The summed E-state index contributed by atoms with van der Waals surface area (Å²) in [5.74, 6) is -0.122. The molecule has 0 saturated heterocycles. The van der Waals surface area contributed by atoms with E-state index in [0.717, 1.165) is 5.56 Å². The van der Waals surface area contributed by atoms with Gasteiger partial charge in [-0.05, 0) is 55.6 Å². The van der Waals surface area contributed by atoms with Gasteiger partial charge in [-0.25, -0.2) is 14.2 Å². The van der Waals surface area contributed by atoms with Crippen molar-refractivity contribution in [1.29, 1.82) is 0 Å². The Kier molecular flexibility index (Phi) is 4.52. The second kappa shape index (κ2) is 7.01. The summed E-state index contributed by atoms with van der Waals surface area (Å²) in [6.07, 6.45) is 2.10. The summed E-state index contributed by atoms with van der Waals surface area (Å²) in [7, 11) is 0. The van der Waals surface area contributed by atoms with Crippen molar-refractivity contribution in [3.05, 3.63) is 69.5 Å². The molecule has 1 aliphatic heterocycles. The first kappa shape index (κ1) is 18.1. The van der Waals surface area contributed by atoms with Crippen LogP contribution >= 0.6 is 0 Å². The molecule has 0 aliphatic carbocycles. The summed E-state index contributed by atoms with van der Waals surface area (Å²) in [6.45, 7) is 2.61. The zero-order chi connectivity index (χ0) is 19.8. The zero-order valence-corrected chi connectivity index (χ0v) is 15.2. The first-order valence-corrected chi connectivity index (χ1v) is 8.89. The van der Waals surface area contributed by atoms with Gasteiger partial charge in [-0.2, -0.15) is 10.2 Å². The Balaban J connectivity index is 1.72. The molecule has 28 heavy (non-hydrogen) atoms. The van der Waals surface area contributed by atoms with Crippen molar-refractivity contribution >= 4 is 11.6 Å². The lowest BCUT2D eigenvalue weighted by atomic mass is 9.92. The van der Waals surface area contributed by atoms with Crippen molar-refractivity contribution in [3.63, 3.8) is 0 Å². The van der Waals surface area contributed by atoms with Crippen LogP contribution < -0.4 is 16.2 Å². The van der Waals surface area contributed by atoms with E-state index in [1.165, 1.54) is 35.1 Å². The van der Waals surface area contributed by atoms with Crippen LogP contribution in [0.3, 0.4) is 0 Å². The number of carbonyl (C=O) groups is 1. The standard InChI is InChI=1S/C19H19FN6O2/c1-11-15(9-22-26(11)17-4-5-18(27)24-23-17)19(28)25-10-12(8-21)6-13-7-14(20)2-3-16(13)25/h2-5,7,9,12H,6,8,10,21H2,1H3,(H,24,27). The number of anilines is 1. The first-order chi connectivity index (χ1) is 13.5. The number of fused-ring (bicyclic) bond motifs is 1. The van der Waals surface area contributed by atoms with E-state index in [4.69, 9.17) is 5.73 Å². The van der Waals surface area contributed by atoms with Crippen LogP contribution in [-0.4, -0.2) is 39.0 Å². The number of nitrogens with one attached hydrogen (secondary N) is 1. The Hall–Kier alpha value is -3.33. The first-order valence-electron chi connectivity index (χ1n) is 8.89. The third-order valence-electron chi connectivity index (χ3n) is 4.98. The number of hydrogen-bond donors (Lipinski definition) is 2. The number of nitrogens with zero attached hydrogens (tertiary/aromatic N) is 4. The monoisotopic (exact) mass is 382 g/mol. The summed E-state index contributed by atoms with van der Waals surface area (Å²) in [5, 5.41) is 10.5. The summed E-state index contributed by atoms with van der Waals surface area (Å²) in [4.78, 5) is 26.1. The molecule has 9 heteroatoms. The van der Waals surface area contributed by atoms with Crippen LogP contribution in [0.5, 0.6) is 0 Å². The van der Waals surface area contributed by atoms with Crippen molar-refractivity contribution < 1.29 is 9.18 Å². The number of nitrogens with two attached hydrogens (primary N) is 1. The molecule has 1 aromatic carbocycles. The van der Waals surface area contributed by atoms with Gasteiger partial charge in [-0.3, -0.25) is 9.59 Å². The number of rotatable bonds is 3. The van der Waals surface area contributed by atoms with Gasteiger partial charge in [0, 0.05) is 18.3 Å². The normalized spacial score (nSPS) is 16.1. The highest BCUT2D eigenvalue weighted by Crippen LogP contribution is 2.31. The number of hydrogen-bond acceptors (Lipinski definition) is 5. The molecule has 3 heterocycles. The van der Waals surface area contributed by atoms with E-state index in [-0.39, 0.29) is 23.2 Å². The lowest BCUT2D eigenvalue weighted by Crippen LogP contribution is -2.42. The van der Waals surface area contributed by atoms with Gasteiger partial charge in [0.15, 0.2) is 5.82 Å². The lowest BCUT2D eigenvalue weighted by molar-refractivity contribution is 0.0980. The van der Waals surface area contributed by atoms with Gasteiger partial charge < -0.3 is 10.6 Å². The molecule has 4 rings (SSSR count). The third kappa shape index (κ3) is 3.09. The van der Waals surface area contributed by atoms with Gasteiger partial charge in [0.05, 0.1) is 17.5 Å². The summed E-state index contributed by atoms with van der Waals surface area (Å²) in [6, 6.07) is 7.29. The van der Waals surface area contributed by atoms with Crippen LogP contribution in [-0.2, 0) is 6.42 Å². The van der Waals surface area contributed by atoms with E-state index in [2.05, 4.69) is 15.3 Å². The average molecular weight is 382 g/mol. The molecule has 0 spiro atoms. The van der Waals surface area contributed by atoms with Crippen LogP contribution in [0.15, 0.2) is 41.3 Å². The molecule has 0 saturated carbocycles. The van der Waals surface area contributed by atoms with Gasteiger partial charge in [0.2, 0.25) is 0 Å². The molecule has 1 atom stereocenters. The van der Waals surface area contributed by atoms with Crippen LogP contribution in [0.25, 0.3) is 5.82 Å². The SMILES string of the molecule is Cc1c(C(=O)N2CC(CN)Cc3cc(F)ccc32)cnn1-c1ccc(=O)[nH]n1. The maximum atomic E-state index is 13.7. The number of H-pyrrole nitrogens is 1. The highest BCUT2D eigenvalue weighted by molar-refractivity contribution is 6.07. The van der Waals surface area contributed by atoms with Gasteiger partial charge in [0.25, 0.3) is 11.5 Å². The van der Waals surface area contributed by atoms with Crippen molar-refractivity contribution in [2.24, 2.45) is 11.7 Å². The minimum atomic E-state index is -0.336. The Bertz CT molecular complexity index is 1090. The fraction of sp³-hybridized carbons (Fsp3) is 0.263. The van der Waals surface area contributed by atoms with Gasteiger partial charge in [-0.1, -0.05) is 0 Å². The second-order valence-corrected chi connectivity index (χ2v) is 6.83. The van der Waals surface area contributed by atoms with Crippen molar-refractivity contribution in [2.45, 2.75) is 13.3 Å². The minimum absolute atomic E-state index is 0.0504. The molecule has 2 aromatic heterocycles.